The number of carbonyl (C=O) groups excluding carboxylic acids is 1. The van der Waals surface area contributed by atoms with E-state index in [9.17, 15) is 13.2 Å². The zero-order valence-electron chi connectivity index (χ0n) is 20.0. The van der Waals surface area contributed by atoms with E-state index in [1.165, 1.54) is 25.0 Å². The maximum Gasteiger partial charge on any atom is 0.255 e. The lowest BCUT2D eigenvalue weighted by molar-refractivity contribution is 0.102. The van der Waals surface area contributed by atoms with Gasteiger partial charge in [0.2, 0.25) is 10.0 Å². The van der Waals surface area contributed by atoms with Crippen LogP contribution in [0.15, 0.2) is 47.4 Å². The molecule has 0 saturated carbocycles. The molecule has 2 aliphatic heterocycles. The van der Waals surface area contributed by atoms with E-state index in [2.05, 4.69) is 21.9 Å². The molecule has 4 rings (SSSR count). The maximum absolute atomic E-state index is 12.8. The Kier molecular flexibility index (Phi) is 9.80. The van der Waals surface area contributed by atoms with Crippen molar-refractivity contribution < 1.29 is 22.7 Å². The highest BCUT2D eigenvalue weighted by molar-refractivity contribution is 7.89. The molecule has 192 valence electrons. The number of halogens is 1. The van der Waals surface area contributed by atoms with Crippen molar-refractivity contribution >= 4 is 34.0 Å². The third-order valence-electron chi connectivity index (χ3n) is 6.23. The fraction of sp³-hybridized carbons (Fsp3) is 0.480. The lowest BCUT2D eigenvalue weighted by Crippen LogP contribution is -2.35. The predicted octanol–water partition coefficient (Wildman–Crippen LogP) is 3.92. The number of likely N-dealkylation sites (tertiary alicyclic amines) is 1. The number of nitrogens with one attached hydrogen (secondary N) is 2. The van der Waals surface area contributed by atoms with E-state index in [-0.39, 0.29) is 22.9 Å². The van der Waals surface area contributed by atoms with Crippen molar-refractivity contribution in [2.24, 2.45) is 5.92 Å². The molecule has 8 nitrogen and oxygen atoms in total. The van der Waals surface area contributed by atoms with E-state index >= 15 is 0 Å². The average molecular weight is 524 g/mol. The first-order valence-corrected chi connectivity index (χ1v) is 13.4. The van der Waals surface area contributed by atoms with Crippen molar-refractivity contribution in [2.45, 2.75) is 37.5 Å². The molecule has 2 N–H and O–H groups in total. The topological polar surface area (TPSA) is 97.0 Å². The molecule has 1 saturated heterocycles. The Morgan fingerprint density at radius 3 is 2.57 bits per heavy atom. The smallest absolute Gasteiger partial charge is 0.255 e. The minimum Gasteiger partial charge on any atom is -0.490 e. The lowest BCUT2D eigenvalue weighted by atomic mass is 9.99. The predicted molar refractivity (Wildman–Crippen MR) is 138 cm³/mol. The van der Waals surface area contributed by atoms with Gasteiger partial charge in [-0.05, 0) is 75.1 Å². The Labute approximate surface area is 213 Å². The highest BCUT2D eigenvalue weighted by Gasteiger charge is 2.18. The number of nitrogens with zero attached hydrogens (tertiary/aromatic N) is 1. The fourth-order valence-corrected chi connectivity index (χ4v) is 5.25. The van der Waals surface area contributed by atoms with Gasteiger partial charge in [0, 0.05) is 30.3 Å². The van der Waals surface area contributed by atoms with Gasteiger partial charge in [0.15, 0.2) is 11.5 Å². The van der Waals surface area contributed by atoms with E-state index < -0.39 is 15.9 Å². The normalized spacial score (nSPS) is 16.7. The Morgan fingerprint density at radius 2 is 1.80 bits per heavy atom. The van der Waals surface area contributed by atoms with Crippen LogP contribution in [0.1, 0.15) is 43.0 Å². The number of carbonyl (C=O) groups is 1. The van der Waals surface area contributed by atoms with E-state index in [0.29, 0.717) is 36.9 Å². The Balaban J connectivity index is 0.00000342. The molecule has 2 aliphatic rings. The third-order valence-corrected chi connectivity index (χ3v) is 7.69. The maximum atomic E-state index is 12.8. The zero-order chi connectivity index (χ0) is 24.0. The molecule has 0 spiro atoms. The molecule has 0 aliphatic carbocycles. The molecule has 0 radical (unpaired) electrons. The zero-order valence-corrected chi connectivity index (χ0v) is 21.6. The second-order valence-electron chi connectivity index (χ2n) is 8.97. The summed E-state index contributed by atoms with van der Waals surface area (Å²) in [4.78, 5) is 15.2. The van der Waals surface area contributed by atoms with Gasteiger partial charge in [-0.15, -0.1) is 12.4 Å². The summed E-state index contributed by atoms with van der Waals surface area (Å²) in [6.07, 6.45) is 3.95. The Morgan fingerprint density at radius 1 is 1.06 bits per heavy atom. The summed E-state index contributed by atoms with van der Waals surface area (Å²) in [5.74, 6) is 1.60. The number of benzene rings is 2. The van der Waals surface area contributed by atoms with Crippen molar-refractivity contribution in [1.82, 2.24) is 9.62 Å². The van der Waals surface area contributed by atoms with Crippen molar-refractivity contribution in [3.8, 4) is 11.5 Å². The van der Waals surface area contributed by atoms with Crippen molar-refractivity contribution in [3.05, 3.63) is 48.0 Å². The fourth-order valence-electron chi connectivity index (χ4n) is 4.13. The average Bonchev–Trinajstić information content (AvgIpc) is 3.08. The van der Waals surface area contributed by atoms with Crippen LogP contribution in [0.4, 0.5) is 5.69 Å². The van der Waals surface area contributed by atoms with Crippen LogP contribution in [0.5, 0.6) is 11.5 Å². The summed E-state index contributed by atoms with van der Waals surface area (Å²) >= 11 is 0. The first kappa shape index (κ1) is 27.3. The van der Waals surface area contributed by atoms with Crippen LogP contribution in [0.3, 0.4) is 0 Å². The summed E-state index contributed by atoms with van der Waals surface area (Å²) in [7, 11) is -3.70. The van der Waals surface area contributed by atoms with Gasteiger partial charge in [-0.25, -0.2) is 13.1 Å². The molecule has 10 heteroatoms. The van der Waals surface area contributed by atoms with Crippen LogP contribution in [-0.4, -0.2) is 58.6 Å². The monoisotopic (exact) mass is 523 g/mol. The molecule has 0 bridgehead atoms. The van der Waals surface area contributed by atoms with E-state index in [1.807, 2.05) is 0 Å². The van der Waals surface area contributed by atoms with Gasteiger partial charge in [-0.2, -0.15) is 0 Å². The molecule has 0 unspecified atom stereocenters. The highest BCUT2D eigenvalue weighted by atomic mass is 35.5. The Bertz CT molecular complexity index is 1100. The van der Waals surface area contributed by atoms with Crippen LogP contribution >= 0.6 is 12.4 Å². The van der Waals surface area contributed by atoms with Gasteiger partial charge in [-0.1, -0.05) is 13.0 Å². The third kappa shape index (κ3) is 7.57. The number of anilines is 1. The molecule has 2 aromatic carbocycles. The van der Waals surface area contributed by atoms with Gasteiger partial charge >= 0.3 is 0 Å². The molecule has 1 fully saturated rings. The van der Waals surface area contributed by atoms with Gasteiger partial charge in [0.05, 0.1) is 18.1 Å². The molecule has 1 amide bonds. The molecular formula is C25H34ClN3O5S. The number of piperidine rings is 1. The number of sulfonamides is 1. The summed E-state index contributed by atoms with van der Waals surface area (Å²) in [5.41, 5.74) is 0.810. The van der Waals surface area contributed by atoms with Crippen LogP contribution < -0.4 is 19.5 Å². The quantitative estimate of drug-likeness (QED) is 0.509. The van der Waals surface area contributed by atoms with Crippen molar-refractivity contribution in [1.29, 1.82) is 0 Å². The largest absolute Gasteiger partial charge is 0.490 e. The molecule has 35 heavy (non-hydrogen) atoms. The number of amides is 1. The first-order valence-electron chi connectivity index (χ1n) is 11.9. The number of hydrogen-bond donors (Lipinski definition) is 2. The van der Waals surface area contributed by atoms with E-state index in [4.69, 9.17) is 9.47 Å². The Hall–Kier alpha value is -2.33. The minimum atomic E-state index is -3.70. The number of rotatable bonds is 8. The van der Waals surface area contributed by atoms with Crippen molar-refractivity contribution in [3.63, 3.8) is 0 Å². The van der Waals surface area contributed by atoms with Crippen LogP contribution in [0.2, 0.25) is 0 Å². The minimum absolute atomic E-state index is 0. The van der Waals surface area contributed by atoms with Crippen LogP contribution in [-0.2, 0) is 10.0 Å². The van der Waals surface area contributed by atoms with Gasteiger partial charge in [0.25, 0.3) is 5.91 Å². The highest BCUT2D eigenvalue weighted by Crippen LogP contribution is 2.32. The molecule has 0 atom stereocenters. The summed E-state index contributed by atoms with van der Waals surface area (Å²) in [6, 6.07) is 11.3. The second-order valence-corrected chi connectivity index (χ2v) is 10.7. The first-order chi connectivity index (χ1) is 16.4. The second kappa shape index (κ2) is 12.6. The SMILES string of the molecule is CC1CCN(CCCNS(=O)(=O)c2cccc(C(=O)Nc3ccc4c(c3)OCCCO4)c2)CC1.Cl. The van der Waals surface area contributed by atoms with Crippen LogP contribution in [0.25, 0.3) is 0 Å². The molecule has 2 heterocycles. The van der Waals surface area contributed by atoms with E-state index in [1.54, 1.807) is 30.3 Å². The number of fused-ring (bicyclic) bond motifs is 1. The van der Waals surface area contributed by atoms with Gasteiger partial charge < -0.3 is 19.7 Å². The van der Waals surface area contributed by atoms with E-state index in [0.717, 1.165) is 38.4 Å². The summed E-state index contributed by atoms with van der Waals surface area (Å²) in [5, 5.41) is 2.80. The van der Waals surface area contributed by atoms with Crippen LogP contribution in [0, 0.1) is 5.92 Å². The van der Waals surface area contributed by atoms with Gasteiger partial charge in [0.1, 0.15) is 0 Å². The number of ether oxygens (including phenoxy) is 2. The van der Waals surface area contributed by atoms with Crippen molar-refractivity contribution in [2.75, 3.05) is 44.7 Å². The molecule has 2 aromatic rings. The summed E-state index contributed by atoms with van der Waals surface area (Å²) < 4.78 is 39.5. The molecular weight excluding hydrogens is 490 g/mol. The molecule has 0 aromatic heterocycles. The standard InChI is InChI=1S/C25H33N3O5S.ClH/c1-19-9-13-28(14-10-19)12-3-11-26-34(30,31)22-6-2-5-20(17-22)25(29)27-21-7-8-23-24(18-21)33-16-4-15-32-23;/h2,5-8,17-19,26H,3-4,9-16H2,1H3,(H,27,29);1H. The number of hydrogen-bond acceptors (Lipinski definition) is 6. The lowest BCUT2D eigenvalue weighted by Gasteiger charge is -2.30. The summed E-state index contributed by atoms with van der Waals surface area (Å²) in [6.45, 7) is 6.81. The van der Waals surface area contributed by atoms with Gasteiger partial charge in [-0.3, -0.25) is 4.79 Å².